The minimum Gasteiger partial charge on any atom is -0.872 e. The van der Waals surface area contributed by atoms with Crippen molar-refractivity contribution in [2.45, 2.75) is 34.2 Å². The Bertz CT molecular complexity index is 1100. The molecule has 31 heavy (non-hydrogen) atoms. The molecular formula is C26H29NO4. The van der Waals surface area contributed by atoms with Crippen LogP contribution in [0.5, 0.6) is 11.5 Å². The van der Waals surface area contributed by atoms with Crippen LogP contribution in [0.25, 0.3) is 17.0 Å². The third kappa shape index (κ3) is 4.52. The van der Waals surface area contributed by atoms with Gasteiger partial charge in [0.2, 0.25) is 5.78 Å². The summed E-state index contributed by atoms with van der Waals surface area (Å²) in [6, 6.07) is 12.6. The Kier molecular flexibility index (Phi) is 5.88. The summed E-state index contributed by atoms with van der Waals surface area (Å²) in [7, 11) is 0. The Hall–Kier alpha value is -3.05. The SMILES string of the molecule is CC(C)C[NH+](Cc1c([O-])ccc2c1OC(=Cc1cc3ccccc3o1)C2=O)CC(C)C. The van der Waals surface area contributed by atoms with Crippen molar-refractivity contribution in [2.24, 2.45) is 11.8 Å². The number of carbonyl (C=O) groups is 1. The van der Waals surface area contributed by atoms with Gasteiger partial charge in [-0.1, -0.05) is 57.7 Å². The molecule has 0 atom stereocenters. The number of hydrogen-bond donors (Lipinski definition) is 1. The fourth-order valence-electron chi connectivity index (χ4n) is 4.29. The first-order valence-electron chi connectivity index (χ1n) is 10.9. The number of ketones is 1. The van der Waals surface area contributed by atoms with Gasteiger partial charge >= 0.3 is 0 Å². The number of carbonyl (C=O) groups excluding carboxylic acids is 1. The molecule has 0 fully saturated rings. The summed E-state index contributed by atoms with van der Waals surface area (Å²) in [6.45, 7) is 11.2. The number of benzene rings is 2. The smallest absolute Gasteiger partial charge is 0.232 e. The molecule has 162 valence electrons. The van der Waals surface area contributed by atoms with E-state index in [1.165, 1.54) is 11.0 Å². The molecule has 5 nitrogen and oxygen atoms in total. The van der Waals surface area contributed by atoms with Crippen LogP contribution < -0.4 is 14.7 Å². The monoisotopic (exact) mass is 419 g/mol. The largest absolute Gasteiger partial charge is 0.872 e. The predicted molar refractivity (Wildman–Crippen MR) is 119 cm³/mol. The van der Waals surface area contributed by atoms with Gasteiger partial charge in [-0.05, 0) is 18.2 Å². The van der Waals surface area contributed by atoms with E-state index in [9.17, 15) is 9.90 Å². The third-order valence-corrected chi connectivity index (χ3v) is 5.44. The maximum atomic E-state index is 13.0. The van der Waals surface area contributed by atoms with E-state index in [0.29, 0.717) is 41.0 Å². The molecule has 0 saturated heterocycles. The van der Waals surface area contributed by atoms with Crippen LogP contribution in [-0.4, -0.2) is 18.9 Å². The van der Waals surface area contributed by atoms with E-state index in [2.05, 4.69) is 27.7 Å². The number of Topliss-reactive ketones (excluding diaryl/α,β-unsaturated/α-hetero) is 1. The number of nitrogens with one attached hydrogen (secondary N) is 1. The summed E-state index contributed by atoms with van der Waals surface area (Å²) in [5, 5.41) is 13.7. The van der Waals surface area contributed by atoms with E-state index >= 15 is 0 Å². The van der Waals surface area contributed by atoms with Crippen LogP contribution in [0, 0.1) is 11.8 Å². The molecule has 0 radical (unpaired) electrons. The Labute approximate surface area is 182 Å². The zero-order chi connectivity index (χ0) is 22.1. The molecule has 1 aliphatic rings. The minimum atomic E-state index is -0.217. The summed E-state index contributed by atoms with van der Waals surface area (Å²) < 4.78 is 11.8. The van der Waals surface area contributed by atoms with Gasteiger partial charge in [0.15, 0.2) is 5.76 Å². The van der Waals surface area contributed by atoms with Crippen LogP contribution in [0.1, 0.15) is 49.4 Å². The highest BCUT2D eigenvalue weighted by molar-refractivity contribution is 6.14. The number of furan rings is 1. The zero-order valence-corrected chi connectivity index (χ0v) is 18.5. The van der Waals surface area contributed by atoms with Crippen molar-refractivity contribution in [1.29, 1.82) is 0 Å². The average Bonchev–Trinajstić information content (AvgIpc) is 3.24. The van der Waals surface area contributed by atoms with Gasteiger partial charge in [-0.2, -0.15) is 0 Å². The Morgan fingerprint density at radius 2 is 1.74 bits per heavy atom. The standard InChI is InChI=1S/C26H29NO4/c1-16(2)13-27(14-17(3)4)15-21-22(28)10-9-20-25(29)24(31-26(20)21)12-19-11-18-7-5-6-8-23(18)30-19/h5-12,16-17,28H,13-15H2,1-4H3. The molecule has 0 unspecified atom stereocenters. The molecule has 3 aromatic rings. The van der Waals surface area contributed by atoms with E-state index in [-0.39, 0.29) is 17.3 Å². The van der Waals surface area contributed by atoms with Crippen LogP contribution >= 0.6 is 0 Å². The lowest BCUT2D eigenvalue weighted by atomic mass is 10.0. The van der Waals surface area contributed by atoms with Crippen molar-refractivity contribution in [2.75, 3.05) is 13.1 Å². The average molecular weight is 420 g/mol. The van der Waals surface area contributed by atoms with Crippen LogP contribution in [0.3, 0.4) is 0 Å². The van der Waals surface area contributed by atoms with Gasteiger partial charge in [-0.3, -0.25) is 4.79 Å². The molecule has 4 rings (SSSR count). The molecule has 2 aromatic carbocycles. The number of rotatable bonds is 7. The van der Waals surface area contributed by atoms with Gasteiger partial charge in [0.25, 0.3) is 0 Å². The number of allylic oxidation sites excluding steroid dienone is 1. The second kappa shape index (κ2) is 8.60. The van der Waals surface area contributed by atoms with E-state index in [1.54, 1.807) is 12.1 Å². The highest BCUT2D eigenvalue weighted by Gasteiger charge is 2.31. The second-order valence-electron chi connectivity index (χ2n) is 9.17. The van der Waals surface area contributed by atoms with Crippen LogP contribution in [0.15, 0.2) is 52.6 Å². The van der Waals surface area contributed by atoms with Gasteiger partial charge < -0.3 is 19.2 Å². The lowest BCUT2D eigenvalue weighted by Gasteiger charge is -2.26. The summed E-state index contributed by atoms with van der Waals surface area (Å²) in [5.74, 6) is 1.86. The van der Waals surface area contributed by atoms with Gasteiger partial charge in [-0.25, -0.2) is 0 Å². The van der Waals surface area contributed by atoms with Crippen LogP contribution in [0.2, 0.25) is 0 Å². The number of fused-ring (bicyclic) bond motifs is 2. The quantitative estimate of drug-likeness (QED) is 0.591. The zero-order valence-electron chi connectivity index (χ0n) is 18.5. The highest BCUT2D eigenvalue weighted by Crippen LogP contribution is 2.38. The Morgan fingerprint density at radius 1 is 1.03 bits per heavy atom. The predicted octanol–water partition coefficient (Wildman–Crippen LogP) is 3.82. The molecule has 1 aliphatic heterocycles. The first-order valence-corrected chi connectivity index (χ1v) is 10.9. The molecular weight excluding hydrogens is 390 g/mol. The molecule has 2 heterocycles. The number of quaternary nitrogens is 1. The van der Waals surface area contributed by atoms with E-state index in [4.69, 9.17) is 9.15 Å². The molecule has 0 aliphatic carbocycles. The van der Waals surface area contributed by atoms with Crippen molar-refractivity contribution < 1.29 is 24.0 Å². The molecule has 1 N–H and O–H groups in total. The van der Waals surface area contributed by atoms with Gasteiger partial charge in [-0.15, -0.1) is 0 Å². The van der Waals surface area contributed by atoms with Crippen LogP contribution in [-0.2, 0) is 6.54 Å². The third-order valence-electron chi connectivity index (χ3n) is 5.44. The van der Waals surface area contributed by atoms with Crippen molar-refractivity contribution in [3.63, 3.8) is 0 Å². The van der Waals surface area contributed by atoms with Gasteiger partial charge in [0.05, 0.1) is 18.7 Å². The lowest BCUT2D eigenvalue weighted by molar-refractivity contribution is -0.919. The molecule has 0 amide bonds. The van der Waals surface area contributed by atoms with Gasteiger partial charge in [0, 0.05) is 28.9 Å². The fraction of sp³-hybridized carbons (Fsp3) is 0.346. The summed E-state index contributed by atoms with van der Waals surface area (Å²) in [4.78, 5) is 14.3. The van der Waals surface area contributed by atoms with E-state index in [0.717, 1.165) is 24.1 Å². The number of hydrogen-bond acceptors (Lipinski definition) is 4. The maximum Gasteiger partial charge on any atom is 0.232 e. The molecule has 0 bridgehead atoms. The minimum absolute atomic E-state index is 0.0819. The number of para-hydroxylation sites is 1. The van der Waals surface area contributed by atoms with Crippen molar-refractivity contribution >= 4 is 22.8 Å². The fourth-order valence-corrected chi connectivity index (χ4v) is 4.29. The number of ether oxygens (including phenoxy) is 1. The molecule has 1 aromatic heterocycles. The summed E-state index contributed by atoms with van der Waals surface area (Å²) >= 11 is 0. The van der Waals surface area contributed by atoms with E-state index in [1.807, 2.05) is 30.3 Å². The normalized spacial score (nSPS) is 14.9. The Balaban J connectivity index is 1.65. The topological polar surface area (TPSA) is 66.9 Å². The molecule has 0 spiro atoms. The summed E-state index contributed by atoms with van der Waals surface area (Å²) in [6.07, 6.45) is 1.61. The second-order valence-corrected chi connectivity index (χ2v) is 9.17. The molecule has 0 saturated carbocycles. The lowest BCUT2D eigenvalue weighted by Crippen LogP contribution is -3.11. The Morgan fingerprint density at radius 3 is 2.42 bits per heavy atom. The molecule has 5 heteroatoms. The van der Waals surface area contributed by atoms with E-state index < -0.39 is 0 Å². The first-order chi connectivity index (χ1) is 14.8. The summed E-state index contributed by atoms with van der Waals surface area (Å²) in [5.41, 5.74) is 1.78. The van der Waals surface area contributed by atoms with Crippen molar-refractivity contribution in [3.8, 4) is 11.5 Å². The van der Waals surface area contributed by atoms with Crippen molar-refractivity contribution in [1.82, 2.24) is 0 Å². The van der Waals surface area contributed by atoms with Gasteiger partial charge in [0.1, 0.15) is 23.6 Å². The maximum absolute atomic E-state index is 13.0. The van der Waals surface area contributed by atoms with Crippen LogP contribution in [0.4, 0.5) is 0 Å². The first kappa shape index (κ1) is 21.2. The highest BCUT2D eigenvalue weighted by atomic mass is 16.5. The van der Waals surface area contributed by atoms with Crippen molar-refractivity contribution in [3.05, 3.63) is 65.1 Å².